The second-order valence-electron chi connectivity index (χ2n) is 6.50. The van der Waals surface area contributed by atoms with Gasteiger partial charge in [-0.05, 0) is 45.8 Å². The van der Waals surface area contributed by atoms with Crippen molar-refractivity contribution in [1.82, 2.24) is 15.5 Å². The number of amides is 1. The molecule has 2 N–H and O–H groups in total. The van der Waals surface area contributed by atoms with E-state index < -0.39 is 0 Å². The molecule has 0 spiro atoms. The summed E-state index contributed by atoms with van der Waals surface area (Å²) in [5.74, 6) is 0.359. The van der Waals surface area contributed by atoms with Gasteiger partial charge in [-0.15, -0.1) is 0 Å². The molecule has 1 rings (SSSR count). The maximum atomic E-state index is 12.2. The summed E-state index contributed by atoms with van der Waals surface area (Å²) in [5, 5.41) is 6.48. The van der Waals surface area contributed by atoms with Crippen LogP contribution in [-0.4, -0.2) is 50.6 Å². The monoisotopic (exact) mass is 255 g/mol. The molecule has 4 nitrogen and oxygen atoms in total. The summed E-state index contributed by atoms with van der Waals surface area (Å²) in [5.41, 5.74) is 0.0846. The summed E-state index contributed by atoms with van der Waals surface area (Å²) in [6.45, 7) is 9.36. The van der Waals surface area contributed by atoms with Gasteiger partial charge in [0.25, 0.3) is 0 Å². The van der Waals surface area contributed by atoms with Crippen molar-refractivity contribution in [3.05, 3.63) is 0 Å². The van der Waals surface area contributed by atoms with Crippen LogP contribution < -0.4 is 10.6 Å². The minimum absolute atomic E-state index is 0.0846. The fourth-order valence-corrected chi connectivity index (χ4v) is 2.55. The van der Waals surface area contributed by atoms with Crippen molar-refractivity contribution in [2.24, 2.45) is 11.3 Å². The average molecular weight is 255 g/mol. The topological polar surface area (TPSA) is 44.4 Å². The number of rotatable bonds is 5. The van der Waals surface area contributed by atoms with Gasteiger partial charge < -0.3 is 15.5 Å². The number of carbonyl (C=O) groups is 1. The van der Waals surface area contributed by atoms with Gasteiger partial charge in [0.05, 0.1) is 5.92 Å². The van der Waals surface area contributed by atoms with Crippen molar-refractivity contribution in [1.29, 1.82) is 0 Å². The minimum atomic E-state index is 0.0846. The summed E-state index contributed by atoms with van der Waals surface area (Å²) in [4.78, 5) is 14.3. The Kier molecular flexibility index (Phi) is 5.60. The summed E-state index contributed by atoms with van der Waals surface area (Å²) in [6.07, 6.45) is 2.12. The molecule has 2 unspecified atom stereocenters. The van der Waals surface area contributed by atoms with Crippen LogP contribution in [0.3, 0.4) is 0 Å². The second kappa shape index (κ2) is 6.53. The molecule has 0 saturated carbocycles. The summed E-state index contributed by atoms with van der Waals surface area (Å²) in [6, 6.07) is 0.189. The normalized spacial score (nSPS) is 22.9. The zero-order valence-corrected chi connectivity index (χ0v) is 12.5. The Morgan fingerprint density at radius 3 is 2.67 bits per heavy atom. The quantitative estimate of drug-likeness (QED) is 0.772. The van der Waals surface area contributed by atoms with Crippen LogP contribution in [0.5, 0.6) is 0 Å². The van der Waals surface area contributed by atoms with E-state index in [-0.39, 0.29) is 23.3 Å². The lowest BCUT2D eigenvalue weighted by atomic mass is 9.84. The number of piperidine rings is 1. The molecule has 2 atom stereocenters. The Bertz CT molecular complexity index is 270. The van der Waals surface area contributed by atoms with E-state index in [1.165, 1.54) is 0 Å². The number of nitrogens with one attached hydrogen (secondary N) is 2. The van der Waals surface area contributed by atoms with E-state index in [1.54, 1.807) is 0 Å². The zero-order chi connectivity index (χ0) is 13.8. The first-order valence-electron chi connectivity index (χ1n) is 6.99. The van der Waals surface area contributed by atoms with Gasteiger partial charge in [0, 0.05) is 19.1 Å². The molecule has 0 aliphatic carbocycles. The van der Waals surface area contributed by atoms with Gasteiger partial charge in [0.2, 0.25) is 5.91 Å². The highest BCUT2D eigenvalue weighted by molar-refractivity contribution is 5.79. The summed E-state index contributed by atoms with van der Waals surface area (Å²) >= 11 is 0. The molecule has 0 aromatic rings. The second-order valence-corrected chi connectivity index (χ2v) is 6.50. The standard InChI is InChI=1S/C14H29N3O/c1-11(14(2,3)10-17(4)5)16-13(18)12-7-6-8-15-9-12/h11-12,15H,6-10H2,1-5H3,(H,16,18). The predicted molar refractivity (Wildman–Crippen MR) is 75.5 cm³/mol. The highest BCUT2D eigenvalue weighted by atomic mass is 16.2. The van der Waals surface area contributed by atoms with Crippen molar-refractivity contribution >= 4 is 5.91 Å². The van der Waals surface area contributed by atoms with Gasteiger partial charge >= 0.3 is 0 Å². The minimum Gasteiger partial charge on any atom is -0.353 e. The van der Waals surface area contributed by atoms with E-state index in [1.807, 2.05) is 0 Å². The molecule has 1 aliphatic heterocycles. The van der Waals surface area contributed by atoms with Crippen molar-refractivity contribution in [2.75, 3.05) is 33.7 Å². The average Bonchev–Trinajstić information content (AvgIpc) is 2.28. The predicted octanol–water partition coefficient (Wildman–Crippen LogP) is 1.08. The Balaban J connectivity index is 2.47. The third-order valence-corrected chi connectivity index (χ3v) is 3.92. The Labute approximate surface area is 111 Å². The van der Waals surface area contributed by atoms with Gasteiger partial charge in [-0.1, -0.05) is 13.8 Å². The van der Waals surface area contributed by atoms with Crippen molar-refractivity contribution in [3.8, 4) is 0 Å². The Hall–Kier alpha value is -0.610. The molecule has 4 heteroatoms. The lowest BCUT2D eigenvalue weighted by Crippen LogP contribution is -2.50. The molecule has 1 aliphatic rings. The van der Waals surface area contributed by atoms with Gasteiger partial charge in [-0.3, -0.25) is 4.79 Å². The van der Waals surface area contributed by atoms with Crippen LogP contribution in [0, 0.1) is 11.3 Å². The third kappa shape index (κ3) is 4.58. The molecule has 106 valence electrons. The van der Waals surface area contributed by atoms with Crippen LogP contribution in [0.25, 0.3) is 0 Å². The summed E-state index contributed by atoms with van der Waals surface area (Å²) in [7, 11) is 4.14. The van der Waals surface area contributed by atoms with E-state index in [4.69, 9.17) is 0 Å². The van der Waals surface area contributed by atoms with E-state index in [2.05, 4.69) is 50.4 Å². The fourth-order valence-electron chi connectivity index (χ4n) is 2.55. The SMILES string of the molecule is CC(NC(=O)C1CCCNC1)C(C)(C)CN(C)C. The largest absolute Gasteiger partial charge is 0.353 e. The fraction of sp³-hybridized carbons (Fsp3) is 0.929. The molecule has 1 amide bonds. The van der Waals surface area contributed by atoms with Crippen LogP contribution in [0.1, 0.15) is 33.6 Å². The first kappa shape index (κ1) is 15.4. The van der Waals surface area contributed by atoms with E-state index >= 15 is 0 Å². The van der Waals surface area contributed by atoms with Crippen LogP contribution in [-0.2, 0) is 4.79 Å². The highest BCUT2D eigenvalue weighted by Crippen LogP contribution is 2.22. The van der Waals surface area contributed by atoms with Crippen LogP contribution in [0.2, 0.25) is 0 Å². The highest BCUT2D eigenvalue weighted by Gasteiger charge is 2.30. The molecule has 0 radical (unpaired) electrons. The van der Waals surface area contributed by atoms with Crippen LogP contribution >= 0.6 is 0 Å². The van der Waals surface area contributed by atoms with Crippen molar-refractivity contribution < 1.29 is 4.79 Å². The maximum Gasteiger partial charge on any atom is 0.224 e. The molecule has 1 saturated heterocycles. The van der Waals surface area contributed by atoms with E-state index in [9.17, 15) is 4.79 Å². The molecular weight excluding hydrogens is 226 g/mol. The lowest BCUT2D eigenvalue weighted by molar-refractivity contribution is -0.127. The number of carbonyl (C=O) groups excluding carboxylic acids is 1. The number of hydrogen-bond donors (Lipinski definition) is 2. The van der Waals surface area contributed by atoms with Crippen LogP contribution in [0.15, 0.2) is 0 Å². The smallest absolute Gasteiger partial charge is 0.224 e. The summed E-state index contributed by atoms with van der Waals surface area (Å²) < 4.78 is 0. The molecule has 0 bridgehead atoms. The van der Waals surface area contributed by atoms with E-state index in [0.29, 0.717) is 0 Å². The Morgan fingerprint density at radius 1 is 1.50 bits per heavy atom. The number of nitrogens with zero attached hydrogens (tertiary/aromatic N) is 1. The molecule has 1 fully saturated rings. The Morgan fingerprint density at radius 2 is 2.17 bits per heavy atom. The van der Waals surface area contributed by atoms with Gasteiger partial charge in [-0.25, -0.2) is 0 Å². The van der Waals surface area contributed by atoms with Crippen molar-refractivity contribution in [2.45, 2.75) is 39.7 Å². The van der Waals surface area contributed by atoms with Gasteiger partial charge in [0.1, 0.15) is 0 Å². The number of hydrogen-bond acceptors (Lipinski definition) is 3. The zero-order valence-electron chi connectivity index (χ0n) is 12.5. The van der Waals surface area contributed by atoms with Gasteiger partial charge in [0.15, 0.2) is 0 Å². The third-order valence-electron chi connectivity index (χ3n) is 3.92. The van der Waals surface area contributed by atoms with Crippen LogP contribution in [0.4, 0.5) is 0 Å². The molecule has 0 aromatic carbocycles. The van der Waals surface area contributed by atoms with E-state index in [0.717, 1.165) is 32.5 Å². The molecular formula is C14H29N3O. The maximum absolute atomic E-state index is 12.2. The first-order chi connectivity index (χ1) is 8.33. The lowest BCUT2D eigenvalue weighted by Gasteiger charge is -2.36. The van der Waals surface area contributed by atoms with Crippen molar-refractivity contribution in [3.63, 3.8) is 0 Å². The molecule has 0 aromatic heterocycles. The molecule has 18 heavy (non-hydrogen) atoms. The van der Waals surface area contributed by atoms with Gasteiger partial charge in [-0.2, -0.15) is 0 Å². The first-order valence-corrected chi connectivity index (χ1v) is 6.99. The molecule has 1 heterocycles.